The molecule has 20 heavy (non-hydrogen) atoms. The van der Waals surface area contributed by atoms with Gasteiger partial charge in [-0.1, -0.05) is 36.7 Å². The van der Waals surface area contributed by atoms with E-state index >= 15 is 0 Å². The summed E-state index contributed by atoms with van der Waals surface area (Å²) < 4.78 is 18.9. The molecule has 0 heterocycles. The van der Waals surface area contributed by atoms with Crippen LogP contribution in [0.25, 0.3) is 0 Å². The number of benzene rings is 2. The zero-order valence-corrected chi connectivity index (χ0v) is 12.0. The van der Waals surface area contributed by atoms with Crippen molar-refractivity contribution in [2.45, 2.75) is 26.0 Å². The van der Waals surface area contributed by atoms with Gasteiger partial charge in [-0.3, -0.25) is 0 Å². The summed E-state index contributed by atoms with van der Waals surface area (Å²) in [7, 11) is 0. The van der Waals surface area contributed by atoms with Crippen molar-refractivity contribution in [3.63, 3.8) is 0 Å². The minimum absolute atomic E-state index is 0.0504. The van der Waals surface area contributed by atoms with Crippen molar-refractivity contribution in [2.75, 3.05) is 0 Å². The third kappa shape index (κ3) is 3.71. The van der Waals surface area contributed by atoms with Crippen LogP contribution in [0, 0.1) is 5.82 Å². The Labute approximate surface area is 123 Å². The van der Waals surface area contributed by atoms with Gasteiger partial charge in [-0.05, 0) is 41.8 Å². The van der Waals surface area contributed by atoms with E-state index in [-0.39, 0.29) is 11.1 Å². The van der Waals surface area contributed by atoms with Crippen molar-refractivity contribution in [2.24, 2.45) is 5.73 Å². The molecule has 4 heteroatoms. The molecule has 2 aromatic rings. The van der Waals surface area contributed by atoms with Crippen molar-refractivity contribution in [3.05, 3.63) is 64.4 Å². The summed E-state index contributed by atoms with van der Waals surface area (Å²) in [6.45, 7) is 2.34. The zero-order chi connectivity index (χ0) is 14.5. The number of hydrogen-bond donors (Lipinski definition) is 1. The van der Waals surface area contributed by atoms with Crippen LogP contribution >= 0.6 is 11.6 Å². The van der Waals surface area contributed by atoms with Crippen LogP contribution in [0.1, 0.15) is 30.5 Å². The average molecular weight is 294 g/mol. The van der Waals surface area contributed by atoms with Gasteiger partial charge in [0.25, 0.3) is 0 Å². The van der Waals surface area contributed by atoms with Gasteiger partial charge in [-0.15, -0.1) is 0 Å². The molecule has 2 N–H and O–H groups in total. The maximum atomic E-state index is 13.3. The molecule has 0 bridgehead atoms. The highest BCUT2D eigenvalue weighted by molar-refractivity contribution is 6.30. The Balaban J connectivity index is 1.98. The second kappa shape index (κ2) is 6.73. The predicted octanol–water partition coefficient (Wildman–Crippen LogP) is 4.47. The quantitative estimate of drug-likeness (QED) is 0.883. The molecule has 0 aliphatic rings. The number of hydrogen-bond acceptors (Lipinski definition) is 2. The number of halogens is 2. The first kappa shape index (κ1) is 14.8. The molecule has 0 fully saturated rings. The lowest BCUT2D eigenvalue weighted by Gasteiger charge is -2.11. The molecular formula is C16H17ClFNO. The fourth-order valence-electron chi connectivity index (χ4n) is 1.84. The fraction of sp³-hybridized carbons (Fsp3) is 0.250. The maximum absolute atomic E-state index is 13.3. The van der Waals surface area contributed by atoms with Crippen LogP contribution in [0.15, 0.2) is 42.5 Å². The van der Waals surface area contributed by atoms with Crippen LogP contribution in [-0.4, -0.2) is 0 Å². The van der Waals surface area contributed by atoms with E-state index in [1.165, 1.54) is 12.1 Å². The summed E-state index contributed by atoms with van der Waals surface area (Å²) in [6, 6.07) is 12.3. The van der Waals surface area contributed by atoms with Crippen molar-refractivity contribution in [3.8, 4) is 5.75 Å². The Morgan fingerprint density at radius 3 is 2.50 bits per heavy atom. The average Bonchev–Trinajstić information content (AvgIpc) is 2.48. The monoisotopic (exact) mass is 293 g/mol. The summed E-state index contributed by atoms with van der Waals surface area (Å²) in [5.41, 5.74) is 7.76. The molecule has 1 atom stereocenters. The van der Waals surface area contributed by atoms with Gasteiger partial charge in [0, 0.05) is 6.04 Å². The normalized spacial score (nSPS) is 12.2. The first-order valence-corrected chi connectivity index (χ1v) is 6.90. The summed E-state index contributed by atoms with van der Waals surface area (Å²) in [4.78, 5) is 0. The van der Waals surface area contributed by atoms with Crippen molar-refractivity contribution >= 4 is 11.6 Å². The molecule has 2 aromatic carbocycles. The minimum Gasteiger partial charge on any atom is -0.489 e. The number of rotatable bonds is 5. The summed E-state index contributed by atoms with van der Waals surface area (Å²) in [5, 5.41) is 0.117. The highest BCUT2D eigenvalue weighted by Crippen LogP contribution is 2.20. The maximum Gasteiger partial charge on any atom is 0.142 e. The Bertz CT molecular complexity index is 571. The van der Waals surface area contributed by atoms with Gasteiger partial charge < -0.3 is 10.5 Å². The van der Waals surface area contributed by atoms with Crippen molar-refractivity contribution in [1.29, 1.82) is 0 Å². The Hall–Kier alpha value is -1.58. The highest BCUT2D eigenvalue weighted by atomic mass is 35.5. The topological polar surface area (TPSA) is 35.2 Å². The fourth-order valence-corrected chi connectivity index (χ4v) is 1.96. The molecule has 0 spiro atoms. The van der Waals surface area contributed by atoms with E-state index in [0.29, 0.717) is 6.61 Å². The zero-order valence-electron chi connectivity index (χ0n) is 11.3. The molecule has 2 rings (SSSR count). The lowest BCUT2D eigenvalue weighted by molar-refractivity contribution is 0.305. The van der Waals surface area contributed by atoms with E-state index in [1.54, 1.807) is 6.07 Å². The standard InChI is InChI=1S/C16H17ClFNO/c1-2-16(19)12-4-6-13(7-5-12)20-10-11-3-8-14(17)15(18)9-11/h3-9,16H,2,10,19H2,1H3/t16-/m0/s1. The molecule has 0 aliphatic carbocycles. The Morgan fingerprint density at radius 1 is 1.20 bits per heavy atom. The van der Waals surface area contributed by atoms with Gasteiger partial charge in [-0.25, -0.2) is 4.39 Å². The van der Waals surface area contributed by atoms with Crippen molar-refractivity contribution < 1.29 is 9.13 Å². The second-order valence-electron chi connectivity index (χ2n) is 4.62. The summed E-state index contributed by atoms with van der Waals surface area (Å²) >= 11 is 5.63. The summed E-state index contributed by atoms with van der Waals surface area (Å²) in [5.74, 6) is 0.296. The van der Waals surface area contributed by atoms with Gasteiger partial charge in [0.05, 0.1) is 5.02 Å². The lowest BCUT2D eigenvalue weighted by atomic mass is 10.1. The van der Waals surface area contributed by atoms with Crippen LogP contribution in [0.3, 0.4) is 0 Å². The number of nitrogens with two attached hydrogens (primary N) is 1. The number of ether oxygens (including phenoxy) is 1. The Kier molecular flexibility index (Phi) is 4.99. The molecule has 0 aliphatic heterocycles. The van der Waals surface area contributed by atoms with E-state index < -0.39 is 5.82 Å². The van der Waals surface area contributed by atoms with Gasteiger partial charge in [0.1, 0.15) is 18.2 Å². The SMILES string of the molecule is CC[C@H](N)c1ccc(OCc2ccc(Cl)c(F)c2)cc1. The molecule has 0 amide bonds. The van der Waals surface area contributed by atoms with E-state index in [4.69, 9.17) is 22.1 Å². The second-order valence-corrected chi connectivity index (χ2v) is 5.03. The van der Waals surface area contributed by atoms with E-state index in [9.17, 15) is 4.39 Å². The van der Waals surface area contributed by atoms with Crippen molar-refractivity contribution in [1.82, 2.24) is 0 Å². The smallest absolute Gasteiger partial charge is 0.142 e. The minimum atomic E-state index is -0.433. The molecule has 0 saturated heterocycles. The molecule has 0 saturated carbocycles. The lowest BCUT2D eigenvalue weighted by Crippen LogP contribution is -2.08. The molecule has 2 nitrogen and oxygen atoms in total. The molecular weight excluding hydrogens is 277 g/mol. The van der Waals surface area contributed by atoms with Crippen LogP contribution in [0.2, 0.25) is 5.02 Å². The molecule has 0 aromatic heterocycles. The third-order valence-corrected chi connectivity index (χ3v) is 3.44. The highest BCUT2D eigenvalue weighted by Gasteiger charge is 2.04. The molecule has 0 radical (unpaired) electrons. The van der Waals surface area contributed by atoms with Crippen LogP contribution in [-0.2, 0) is 6.61 Å². The van der Waals surface area contributed by atoms with Crippen LogP contribution < -0.4 is 10.5 Å². The van der Waals surface area contributed by atoms with Gasteiger partial charge in [-0.2, -0.15) is 0 Å². The summed E-state index contributed by atoms with van der Waals surface area (Å²) in [6.07, 6.45) is 0.893. The first-order valence-electron chi connectivity index (χ1n) is 6.52. The van der Waals surface area contributed by atoms with E-state index in [2.05, 4.69) is 0 Å². The largest absolute Gasteiger partial charge is 0.489 e. The first-order chi connectivity index (χ1) is 9.60. The van der Waals surface area contributed by atoms with Gasteiger partial charge >= 0.3 is 0 Å². The predicted molar refractivity (Wildman–Crippen MR) is 79.4 cm³/mol. The Morgan fingerprint density at radius 2 is 1.90 bits per heavy atom. The van der Waals surface area contributed by atoms with Crippen LogP contribution in [0.5, 0.6) is 5.75 Å². The van der Waals surface area contributed by atoms with E-state index in [0.717, 1.165) is 23.3 Å². The molecule has 106 valence electrons. The van der Waals surface area contributed by atoms with Gasteiger partial charge in [0.2, 0.25) is 0 Å². The van der Waals surface area contributed by atoms with Gasteiger partial charge in [0.15, 0.2) is 0 Å². The molecule has 0 unspecified atom stereocenters. The third-order valence-electron chi connectivity index (χ3n) is 3.14. The van der Waals surface area contributed by atoms with Crippen LogP contribution in [0.4, 0.5) is 4.39 Å². The van der Waals surface area contributed by atoms with E-state index in [1.807, 2.05) is 31.2 Å².